The zero-order chi connectivity index (χ0) is 13.2. The SMILES string of the molecule is NCC1CCCC1n1cncc1-c1ccc(F)cc1. The van der Waals surface area contributed by atoms with Gasteiger partial charge in [-0.1, -0.05) is 6.42 Å². The van der Waals surface area contributed by atoms with Crippen molar-refractivity contribution in [2.24, 2.45) is 11.7 Å². The largest absolute Gasteiger partial charge is 0.330 e. The molecule has 1 aromatic carbocycles. The molecular weight excluding hydrogens is 241 g/mol. The van der Waals surface area contributed by atoms with Crippen LogP contribution in [0.3, 0.4) is 0 Å². The summed E-state index contributed by atoms with van der Waals surface area (Å²) in [5.41, 5.74) is 7.90. The summed E-state index contributed by atoms with van der Waals surface area (Å²) >= 11 is 0. The van der Waals surface area contributed by atoms with E-state index in [1.165, 1.54) is 25.0 Å². The minimum absolute atomic E-state index is 0.212. The lowest BCUT2D eigenvalue weighted by Gasteiger charge is -2.22. The van der Waals surface area contributed by atoms with Gasteiger partial charge in [-0.05, 0) is 55.1 Å². The quantitative estimate of drug-likeness (QED) is 0.921. The number of hydrogen-bond donors (Lipinski definition) is 1. The molecule has 0 bridgehead atoms. The molecule has 1 heterocycles. The van der Waals surface area contributed by atoms with Crippen molar-refractivity contribution < 1.29 is 4.39 Å². The Hall–Kier alpha value is -1.68. The zero-order valence-electron chi connectivity index (χ0n) is 10.8. The maximum absolute atomic E-state index is 13.0. The van der Waals surface area contributed by atoms with Gasteiger partial charge in [-0.25, -0.2) is 9.37 Å². The van der Waals surface area contributed by atoms with Gasteiger partial charge in [0.2, 0.25) is 0 Å². The van der Waals surface area contributed by atoms with Crippen molar-refractivity contribution in [1.29, 1.82) is 0 Å². The second kappa shape index (κ2) is 5.13. The fourth-order valence-electron chi connectivity index (χ4n) is 3.07. The molecule has 3 rings (SSSR count). The summed E-state index contributed by atoms with van der Waals surface area (Å²) in [6.07, 6.45) is 7.26. The van der Waals surface area contributed by atoms with Crippen molar-refractivity contribution in [3.05, 3.63) is 42.6 Å². The summed E-state index contributed by atoms with van der Waals surface area (Å²) in [6.45, 7) is 0.714. The van der Waals surface area contributed by atoms with Crippen LogP contribution in [0.15, 0.2) is 36.8 Å². The number of nitrogens with zero attached hydrogens (tertiary/aromatic N) is 2. The molecule has 0 saturated heterocycles. The Bertz CT molecular complexity index is 547. The lowest BCUT2D eigenvalue weighted by atomic mass is 10.0. The molecule has 1 aliphatic carbocycles. The van der Waals surface area contributed by atoms with Crippen molar-refractivity contribution in [1.82, 2.24) is 9.55 Å². The Morgan fingerprint density at radius 1 is 1.26 bits per heavy atom. The van der Waals surface area contributed by atoms with Crippen molar-refractivity contribution >= 4 is 0 Å². The molecule has 2 aromatic rings. The van der Waals surface area contributed by atoms with Crippen LogP contribution in [0, 0.1) is 11.7 Å². The average molecular weight is 259 g/mol. The molecule has 2 N–H and O–H groups in total. The third-order valence-corrected chi connectivity index (χ3v) is 4.09. The second-order valence-corrected chi connectivity index (χ2v) is 5.19. The summed E-state index contributed by atoms with van der Waals surface area (Å²) in [7, 11) is 0. The number of rotatable bonds is 3. The van der Waals surface area contributed by atoms with Crippen LogP contribution in [-0.2, 0) is 0 Å². The number of benzene rings is 1. The highest BCUT2D eigenvalue weighted by molar-refractivity contribution is 5.58. The molecule has 1 aliphatic rings. The van der Waals surface area contributed by atoms with Gasteiger partial charge in [-0.15, -0.1) is 0 Å². The summed E-state index contributed by atoms with van der Waals surface area (Å²) in [6, 6.07) is 7.00. The lowest BCUT2D eigenvalue weighted by molar-refractivity contribution is 0.390. The second-order valence-electron chi connectivity index (χ2n) is 5.19. The van der Waals surface area contributed by atoms with Crippen LogP contribution >= 0.6 is 0 Å². The topological polar surface area (TPSA) is 43.8 Å². The summed E-state index contributed by atoms with van der Waals surface area (Å²) in [5.74, 6) is 0.309. The molecule has 100 valence electrons. The molecule has 0 aliphatic heterocycles. The Labute approximate surface area is 112 Å². The van der Waals surface area contributed by atoms with E-state index < -0.39 is 0 Å². The molecular formula is C15H18FN3. The number of imidazole rings is 1. The van der Waals surface area contributed by atoms with Crippen molar-refractivity contribution in [2.45, 2.75) is 25.3 Å². The van der Waals surface area contributed by atoms with E-state index in [1.54, 1.807) is 12.1 Å². The van der Waals surface area contributed by atoms with Gasteiger partial charge < -0.3 is 10.3 Å². The maximum Gasteiger partial charge on any atom is 0.123 e. The smallest absolute Gasteiger partial charge is 0.123 e. The van der Waals surface area contributed by atoms with E-state index in [0.29, 0.717) is 18.5 Å². The number of nitrogens with two attached hydrogens (primary N) is 1. The van der Waals surface area contributed by atoms with Gasteiger partial charge in [0.25, 0.3) is 0 Å². The molecule has 2 atom stereocenters. The molecule has 1 fully saturated rings. The van der Waals surface area contributed by atoms with Crippen LogP contribution in [0.25, 0.3) is 11.3 Å². The van der Waals surface area contributed by atoms with Crippen LogP contribution in [-0.4, -0.2) is 16.1 Å². The van der Waals surface area contributed by atoms with E-state index in [0.717, 1.165) is 17.7 Å². The van der Waals surface area contributed by atoms with Crippen LogP contribution < -0.4 is 5.73 Å². The number of aromatic nitrogens is 2. The first-order chi connectivity index (χ1) is 9.29. The summed E-state index contributed by atoms with van der Waals surface area (Å²) < 4.78 is 15.2. The Morgan fingerprint density at radius 2 is 2.05 bits per heavy atom. The van der Waals surface area contributed by atoms with E-state index in [2.05, 4.69) is 9.55 Å². The highest BCUT2D eigenvalue weighted by Crippen LogP contribution is 2.37. The van der Waals surface area contributed by atoms with Gasteiger partial charge in [-0.2, -0.15) is 0 Å². The fourth-order valence-corrected chi connectivity index (χ4v) is 3.07. The third kappa shape index (κ3) is 2.28. The fraction of sp³-hybridized carbons (Fsp3) is 0.400. The first kappa shape index (κ1) is 12.4. The predicted octanol–water partition coefficient (Wildman–Crippen LogP) is 2.99. The van der Waals surface area contributed by atoms with Gasteiger partial charge in [0.15, 0.2) is 0 Å². The molecule has 1 aromatic heterocycles. The Balaban J connectivity index is 1.96. The van der Waals surface area contributed by atoms with Gasteiger partial charge in [0, 0.05) is 6.04 Å². The number of halogens is 1. The first-order valence-electron chi connectivity index (χ1n) is 6.77. The molecule has 0 radical (unpaired) electrons. The van der Waals surface area contributed by atoms with E-state index in [4.69, 9.17) is 5.73 Å². The van der Waals surface area contributed by atoms with E-state index in [1.807, 2.05) is 12.5 Å². The minimum atomic E-state index is -0.212. The van der Waals surface area contributed by atoms with Crippen molar-refractivity contribution in [3.63, 3.8) is 0 Å². The Morgan fingerprint density at radius 3 is 2.79 bits per heavy atom. The molecule has 0 amide bonds. The normalized spacial score (nSPS) is 22.8. The highest BCUT2D eigenvalue weighted by atomic mass is 19.1. The molecule has 4 heteroatoms. The molecule has 1 saturated carbocycles. The van der Waals surface area contributed by atoms with Gasteiger partial charge in [-0.3, -0.25) is 0 Å². The monoisotopic (exact) mass is 259 g/mol. The number of hydrogen-bond acceptors (Lipinski definition) is 2. The summed E-state index contributed by atoms with van der Waals surface area (Å²) in [4.78, 5) is 4.26. The van der Waals surface area contributed by atoms with E-state index >= 15 is 0 Å². The van der Waals surface area contributed by atoms with Gasteiger partial charge in [0.05, 0.1) is 18.2 Å². The van der Waals surface area contributed by atoms with E-state index in [9.17, 15) is 4.39 Å². The highest BCUT2D eigenvalue weighted by Gasteiger charge is 2.28. The zero-order valence-corrected chi connectivity index (χ0v) is 10.8. The van der Waals surface area contributed by atoms with E-state index in [-0.39, 0.29) is 5.82 Å². The Kier molecular flexibility index (Phi) is 3.34. The van der Waals surface area contributed by atoms with Crippen molar-refractivity contribution in [2.75, 3.05) is 6.54 Å². The lowest BCUT2D eigenvalue weighted by Crippen LogP contribution is -2.21. The van der Waals surface area contributed by atoms with Gasteiger partial charge >= 0.3 is 0 Å². The maximum atomic E-state index is 13.0. The standard InChI is InChI=1S/C15H18FN3/c16-13-6-4-11(5-7-13)15-9-18-10-19(15)14-3-1-2-12(14)8-17/h4-7,9-10,12,14H,1-3,8,17H2. The molecule has 2 unspecified atom stereocenters. The van der Waals surface area contributed by atoms with Crippen LogP contribution in [0.2, 0.25) is 0 Å². The first-order valence-corrected chi connectivity index (χ1v) is 6.77. The van der Waals surface area contributed by atoms with Crippen LogP contribution in [0.1, 0.15) is 25.3 Å². The average Bonchev–Trinajstić information content (AvgIpc) is 3.07. The van der Waals surface area contributed by atoms with Crippen LogP contribution in [0.5, 0.6) is 0 Å². The van der Waals surface area contributed by atoms with Crippen molar-refractivity contribution in [3.8, 4) is 11.3 Å². The third-order valence-electron chi connectivity index (χ3n) is 4.09. The predicted molar refractivity (Wildman–Crippen MR) is 73.1 cm³/mol. The van der Waals surface area contributed by atoms with Gasteiger partial charge in [0.1, 0.15) is 5.82 Å². The van der Waals surface area contributed by atoms with Crippen LogP contribution in [0.4, 0.5) is 4.39 Å². The molecule has 19 heavy (non-hydrogen) atoms. The minimum Gasteiger partial charge on any atom is -0.330 e. The molecule has 3 nitrogen and oxygen atoms in total. The molecule has 0 spiro atoms. The summed E-state index contributed by atoms with van der Waals surface area (Å²) in [5, 5.41) is 0.